The minimum absolute atomic E-state index is 0.0369. The predicted molar refractivity (Wildman–Crippen MR) is 189 cm³/mol. The third-order valence-corrected chi connectivity index (χ3v) is 11.0. The SMILES string of the molecule is C[n+]1ccsc1CC1=CCN(C(=O)C=Cc2cnc3c(c2)CC2(CC[N+](C)(C(=O)CN(C(=O)OC(C)(C)C)C(C)(C)C)CC2)C(=O)N3)CC1. The predicted octanol–water partition coefficient (Wildman–Crippen LogP) is 4.67. The average Bonchev–Trinajstić information content (AvgIpc) is 3.43. The monoisotopic (exact) mass is 692 g/mol. The van der Waals surface area contributed by atoms with Crippen LogP contribution < -0.4 is 9.88 Å². The van der Waals surface area contributed by atoms with Gasteiger partial charge in [-0.15, -0.1) is 0 Å². The van der Waals surface area contributed by atoms with Gasteiger partial charge >= 0.3 is 12.0 Å². The fraction of sp³-hybridized carbons (Fsp3) is 0.568. The Hall–Kier alpha value is -3.90. The normalized spacial score (nSPS) is 22.8. The van der Waals surface area contributed by atoms with Crippen LogP contribution in [0.2, 0.25) is 0 Å². The first kappa shape index (κ1) is 36.4. The molecule has 4 amide bonds. The standard InChI is InChI=1S/C37H51N6O5S/c1-35(2,3)42(34(47)48-36(4,5)6)25-31(45)43(8)18-13-37(14-19-43)23-28-21-27(24-38-32(28)39-33(37)46)9-10-29(44)41-15-11-26(12-16-41)22-30-40(7)17-20-49-30/h9-11,17,20-21,24H,12-16,18-19,22-23,25H2,1-8H3/q+1/p+1. The molecule has 2 aromatic rings. The molecule has 5 heterocycles. The highest BCUT2D eigenvalue weighted by Gasteiger charge is 2.51. The molecule has 11 nitrogen and oxygen atoms in total. The first-order chi connectivity index (χ1) is 22.9. The maximum atomic E-state index is 13.7. The summed E-state index contributed by atoms with van der Waals surface area (Å²) < 4.78 is 7.91. The maximum Gasteiger partial charge on any atom is 0.411 e. The van der Waals surface area contributed by atoms with Gasteiger partial charge in [0, 0.05) is 43.7 Å². The number of likely N-dealkylation sites (N-methyl/N-ethyl adjacent to an activating group) is 1. The van der Waals surface area contributed by atoms with Crippen LogP contribution in [-0.2, 0) is 39.0 Å². The summed E-state index contributed by atoms with van der Waals surface area (Å²) in [6.07, 6.45) is 12.1. The van der Waals surface area contributed by atoms with Crippen LogP contribution in [0.5, 0.6) is 0 Å². The summed E-state index contributed by atoms with van der Waals surface area (Å²) >= 11 is 1.75. The first-order valence-electron chi connectivity index (χ1n) is 17.1. The van der Waals surface area contributed by atoms with Crippen LogP contribution in [0.1, 0.15) is 76.9 Å². The highest BCUT2D eigenvalue weighted by atomic mass is 32.1. The van der Waals surface area contributed by atoms with Crippen molar-refractivity contribution in [2.45, 2.75) is 84.8 Å². The number of pyridine rings is 1. The zero-order chi connectivity index (χ0) is 35.8. The molecule has 1 N–H and O–H groups in total. The number of aromatic nitrogens is 2. The van der Waals surface area contributed by atoms with E-state index < -0.39 is 22.6 Å². The molecule has 0 atom stereocenters. The van der Waals surface area contributed by atoms with E-state index in [1.807, 2.05) is 59.6 Å². The zero-order valence-corrected chi connectivity index (χ0v) is 31.1. The lowest BCUT2D eigenvalue weighted by atomic mass is 9.70. The molecule has 1 fully saturated rings. The summed E-state index contributed by atoms with van der Waals surface area (Å²) in [5, 5.41) is 6.41. The number of ether oxygens (including phenoxy) is 1. The highest BCUT2D eigenvalue weighted by Crippen LogP contribution is 2.42. The van der Waals surface area contributed by atoms with Crippen LogP contribution in [-0.4, -0.2) is 94.0 Å². The minimum atomic E-state index is -0.678. The molecule has 0 radical (unpaired) electrons. The van der Waals surface area contributed by atoms with Crippen LogP contribution >= 0.6 is 11.3 Å². The second-order valence-electron chi connectivity index (χ2n) is 16.0. The third-order valence-electron chi connectivity index (χ3n) is 10.0. The van der Waals surface area contributed by atoms with Crippen molar-refractivity contribution in [1.29, 1.82) is 0 Å². The Kier molecular flexibility index (Phi) is 10.2. The quantitative estimate of drug-likeness (QED) is 0.204. The van der Waals surface area contributed by atoms with E-state index >= 15 is 0 Å². The number of rotatable bonds is 6. The van der Waals surface area contributed by atoms with Gasteiger partial charge < -0.3 is 15.0 Å². The number of likely N-dealkylation sites (tertiary alicyclic amines) is 1. The van der Waals surface area contributed by atoms with Crippen molar-refractivity contribution in [2.75, 3.05) is 45.1 Å². The molecule has 3 aliphatic rings. The van der Waals surface area contributed by atoms with Gasteiger partial charge in [-0.1, -0.05) is 23.0 Å². The van der Waals surface area contributed by atoms with Crippen LogP contribution in [0, 0.1) is 5.41 Å². The number of hydrogen-bond acceptors (Lipinski definition) is 7. The molecule has 0 aromatic carbocycles. The van der Waals surface area contributed by atoms with Crippen molar-refractivity contribution >= 4 is 47.0 Å². The van der Waals surface area contributed by atoms with Gasteiger partial charge in [-0.3, -0.25) is 19.0 Å². The number of anilines is 1. The summed E-state index contributed by atoms with van der Waals surface area (Å²) in [5.41, 5.74) is 1.14. The molecule has 5 rings (SSSR count). The molecule has 1 spiro atoms. The van der Waals surface area contributed by atoms with Crippen LogP contribution in [0.3, 0.4) is 0 Å². The van der Waals surface area contributed by atoms with Gasteiger partial charge in [0.05, 0.1) is 37.4 Å². The lowest BCUT2D eigenvalue weighted by molar-refractivity contribution is -0.842. The largest absolute Gasteiger partial charge is 0.444 e. The zero-order valence-electron chi connectivity index (χ0n) is 30.3. The number of fused-ring (bicyclic) bond motifs is 1. The Bertz CT molecular complexity index is 1670. The molecule has 49 heavy (non-hydrogen) atoms. The van der Waals surface area contributed by atoms with Crippen molar-refractivity contribution in [2.24, 2.45) is 12.5 Å². The lowest BCUT2D eigenvalue weighted by Crippen LogP contribution is -2.63. The van der Waals surface area contributed by atoms with Gasteiger partial charge in [-0.05, 0) is 77.7 Å². The Morgan fingerprint density at radius 1 is 1.18 bits per heavy atom. The van der Waals surface area contributed by atoms with E-state index in [0.717, 1.165) is 24.0 Å². The molecule has 3 aliphatic heterocycles. The van der Waals surface area contributed by atoms with Gasteiger partial charge in [0.1, 0.15) is 25.0 Å². The summed E-state index contributed by atoms with van der Waals surface area (Å²) in [6, 6.07) is 2.00. The van der Waals surface area contributed by atoms with E-state index in [2.05, 4.69) is 39.6 Å². The fourth-order valence-electron chi connectivity index (χ4n) is 6.63. The van der Waals surface area contributed by atoms with Crippen LogP contribution in [0.15, 0.2) is 41.6 Å². The Morgan fingerprint density at radius 3 is 2.49 bits per heavy atom. The number of carbonyl (C=O) groups excluding carboxylic acids is 4. The summed E-state index contributed by atoms with van der Waals surface area (Å²) in [4.78, 5) is 61.2. The number of hydrogen-bond donors (Lipinski definition) is 1. The van der Waals surface area contributed by atoms with E-state index in [0.29, 0.717) is 51.3 Å². The summed E-state index contributed by atoms with van der Waals surface area (Å²) in [7, 11) is 3.95. The van der Waals surface area contributed by atoms with Gasteiger partial charge in [0.25, 0.3) is 0 Å². The number of piperidine rings is 1. The molecule has 0 bridgehead atoms. The van der Waals surface area contributed by atoms with Gasteiger partial charge in [0.15, 0.2) is 6.20 Å². The fourth-order valence-corrected chi connectivity index (χ4v) is 7.53. The number of amides is 4. The number of nitrogens with one attached hydrogen (secondary N) is 1. The van der Waals surface area contributed by atoms with Crippen molar-refractivity contribution in [1.82, 2.24) is 14.8 Å². The van der Waals surface area contributed by atoms with E-state index in [4.69, 9.17) is 4.74 Å². The van der Waals surface area contributed by atoms with Gasteiger partial charge in [-0.2, -0.15) is 4.57 Å². The van der Waals surface area contributed by atoms with Crippen molar-refractivity contribution in [3.05, 3.63) is 57.7 Å². The number of aryl methyl sites for hydroxylation is 1. The number of quaternary nitrogens is 1. The Labute approximate surface area is 294 Å². The van der Waals surface area contributed by atoms with E-state index in [9.17, 15) is 19.2 Å². The van der Waals surface area contributed by atoms with E-state index in [-0.39, 0.29) is 28.7 Å². The minimum Gasteiger partial charge on any atom is -0.444 e. The molecule has 0 saturated carbocycles. The van der Waals surface area contributed by atoms with Crippen LogP contribution in [0.4, 0.5) is 10.6 Å². The number of nitrogens with zero attached hydrogens (tertiary/aromatic N) is 5. The molecule has 1 saturated heterocycles. The topological polar surface area (TPSA) is 113 Å². The van der Waals surface area contributed by atoms with Crippen molar-refractivity contribution < 1.29 is 33.0 Å². The molecule has 0 aliphatic carbocycles. The smallest absolute Gasteiger partial charge is 0.411 e. The first-order valence-corrected chi connectivity index (χ1v) is 18.0. The average molecular weight is 693 g/mol. The van der Waals surface area contributed by atoms with Crippen molar-refractivity contribution in [3.63, 3.8) is 0 Å². The van der Waals surface area contributed by atoms with E-state index in [1.165, 1.54) is 15.5 Å². The van der Waals surface area contributed by atoms with Gasteiger partial charge in [-0.25, -0.2) is 14.6 Å². The Morgan fingerprint density at radius 2 is 1.90 bits per heavy atom. The van der Waals surface area contributed by atoms with Gasteiger partial charge in [0.2, 0.25) is 16.8 Å². The number of thiazole rings is 1. The third kappa shape index (κ3) is 8.46. The molecule has 0 unspecified atom stereocenters. The second-order valence-corrected chi connectivity index (χ2v) is 17.0. The molecule has 2 aromatic heterocycles. The van der Waals surface area contributed by atoms with Crippen LogP contribution in [0.25, 0.3) is 6.08 Å². The number of carbonyl (C=O) groups is 4. The summed E-state index contributed by atoms with van der Waals surface area (Å²) in [6.45, 7) is 13.3. The second kappa shape index (κ2) is 13.8. The Balaban J connectivity index is 1.20. The molecular formula is C37H52N6O5S+2. The molecular weight excluding hydrogens is 641 g/mol. The summed E-state index contributed by atoms with van der Waals surface area (Å²) in [5.74, 6) is 0.359. The van der Waals surface area contributed by atoms with E-state index in [1.54, 1.807) is 29.7 Å². The lowest BCUT2D eigenvalue weighted by Gasteiger charge is -2.46. The highest BCUT2D eigenvalue weighted by molar-refractivity contribution is 7.09. The molecule has 12 heteroatoms. The van der Waals surface area contributed by atoms with Crippen molar-refractivity contribution in [3.8, 4) is 0 Å². The maximum absolute atomic E-state index is 13.7. The molecule has 264 valence electrons.